The fourth-order valence-electron chi connectivity index (χ4n) is 3.51. The number of amides is 2. The van der Waals surface area contributed by atoms with Crippen molar-refractivity contribution in [3.05, 3.63) is 65.1 Å². The molecule has 2 aromatic heterocycles. The number of hydrogen-bond acceptors (Lipinski definition) is 5. The summed E-state index contributed by atoms with van der Waals surface area (Å²) in [6.45, 7) is -6.13. The molecule has 0 aliphatic carbocycles. The van der Waals surface area contributed by atoms with Crippen molar-refractivity contribution >= 4 is 39.4 Å². The number of halogens is 4. The molecule has 0 aliphatic heterocycles. The van der Waals surface area contributed by atoms with Crippen molar-refractivity contribution in [3.63, 3.8) is 0 Å². The topological polar surface area (TPSA) is 97.3 Å². The number of carbonyl (C=O) groups excluding carboxylic acids is 2. The van der Waals surface area contributed by atoms with Gasteiger partial charge in [-0.25, -0.2) is 14.4 Å². The molecule has 0 saturated heterocycles. The summed E-state index contributed by atoms with van der Waals surface area (Å²) in [6, 6.07) is 5.11. The van der Waals surface area contributed by atoms with E-state index in [-0.39, 0.29) is 44.3 Å². The summed E-state index contributed by atoms with van der Waals surface area (Å²) < 4.78 is 101. The zero-order chi connectivity index (χ0) is 30.7. The van der Waals surface area contributed by atoms with Crippen LogP contribution in [0, 0.1) is 5.82 Å². The van der Waals surface area contributed by atoms with Crippen molar-refractivity contribution < 1.29 is 35.4 Å². The van der Waals surface area contributed by atoms with Crippen molar-refractivity contribution in [1.29, 1.82) is 0 Å². The first-order chi connectivity index (χ1) is 18.8. The van der Waals surface area contributed by atoms with Gasteiger partial charge in [0.1, 0.15) is 11.6 Å². The number of alkyl halides is 3. The van der Waals surface area contributed by atoms with Crippen LogP contribution in [-0.2, 0) is 24.5 Å². The molecule has 0 radical (unpaired) electrons. The van der Waals surface area contributed by atoms with Crippen LogP contribution >= 0.6 is 0 Å². The Morgan fingerprint density at radius 2 is 1.94 bits per heavy atom. The van der Waals surface area contributed by atoms with Crippen LogP contribution in [0.5, 0.6) is 0 Å². The van der Waals surface area contributed by atoms with Gasteiger partial charge in [-0.15, -0.1) is 0 Å². The van der Waals surface area contributed by atoms with E-state index < -0.39 is 55.4 Å². The van der Waals surface area contributed by atoms with Gasteiger partial charge in [0.15, 0.2) is 0 Å². The van der Waals surface area contributed by atoms with Crippen molar-refractivity contribution in [2.45, 2.75) is 19.6 Å². The third-order valence-corrected chi connectivity index (χ3v) is 5.26. The second-order valence-corrected chi connectivity index (χ2v) is 7.55. The summed E-state index contributed by atoms with van der Waals surface area (Å²) in [7, 11) is 0. The van der Waals surface area contributed by atoms with E-state index in [1.165, 1.54) is 24.4 Å². The molecule has 0 atom stereocenters. The number of carbonyl (C=O) groups is 2. The predicted octanol–water partition coefficient (Wildman–Crippen LogP) is 3.90. The number of nitrogens with two attached hydrogens (primary N) is 1. The number of rotatable bonds is 3. The van der Waals surface area contributed by atoms with E-state index in [0.717, 1.165) is 13.0 Å². The zero-order valence-electron chi connectivity index (χ0n) is 23.9. The number of hydrazine groups is 1. The second-order valence-electron chi connectivity index (χ2n) is 7.55. The monoisotopic (exact) mass is 494 g/mol. The summed E-state index contributed by atoms with van der Waals surface area (Å²) >= 11 is 0. The van der Waals surface area contributed by atoms with Gasteiger partial charge in [0.25, 0.3) is 5.91 Å². The zero-order valence-corrected chi connectivity index (χ0v) is 17.9. The Balaban J connectivity index is 1.89. The molecule has 0 bridgehead atoms. The summed E-state index contributed by atoms with van der Waals surface area (Å²) in [5.74, 6) is -3.76. The van der Waals surface area contributed by atoms with Gasteiger partial charge in [-0.1, -0.05) is 6.07 Å². The maximum Gasteiger partial charge on any atom is 0.416 e. The molecule has 0 unspecified atom stereocenters. The minimum atomic E-state index is -4.87. The van der Waals surface area contributed by atoms with E-state index in [4.69, 9.17) is 14.0 Å². The number of nitrogens with zero attached hydrogens (tertiary/aromatic N) is 5. The fourth-order valence-corrected chi connectivity index (χ4v) is 3.51. The average Bonchev–Trinajstić information content (AvgIpc) is 3.29. The number of anilines is 1. The Hall–Kier alpha value is -4.22. The van der Waals surface area contributed by atoms with Crippen LogP contribution in [0.3, 0.4) is 0 Å². The Labute approximate surface area is 204 Å². The van der Waals surface area contributed by atoms with Gasteiger partial charge in [0.2, 0.25) is 5.91 Å². The Kier molecular flexibility index (Phi) is 4.20. The van der Waals surface area contributed by atoms with E-state index in [9.17, 15) is 27.2 Å². The first-order valence-corrected chi connectivity index (χ1v) is 9.86. The normalized spacial score (nSPS) is 15.0. The molecule has 0 aliphatic rings. The average molecular weight is 494 g/mol. The van der Waals surface area contributed by atoms with Crippen LogP contribution in [0.1, 0.15) is 36.6 Å². The quantitative estimate of drug-likeness (QED) is 0.344. The number of nitrogen functional groups attached to an aromatic ring is 1. The summed E-state index contributed by atoms with van der Waals surface area (Å²) in [4.78, 5) is 30.3. The molecule has 0 spiro atoms. The van der Waals surface area contributed by atoms with E-state index in [0.29, 0.717) is 15.8 Å². The first-order valence-electron chi connectivity index (χ1n) is 12.9. The highest BCUT2D eigenvalue weighted by Crippen LogP contribution is 2.31. The Morgan fingerprint density at radius 3 is 2.57 bits per heavy atom. The van der Waals surface area contributed by atoms with Gasteiger partial charge in [0.05, 0.1) is 34.7 Å². The van der Waals surface area contributed by atoms with Crippen molar-refractivity contribution in [2.24, 2.45) is 6.98 Å². The van der Waals surface area contributed by atoms with Gasteiger partial charge in [-0.3, -0.25) is 19.3 Å². The molecule has 12 heteroatoms. The Morgan fingerprint density at radius 1 is 1.17 bits per heavy atom. The third kappa shape index (κ3) is 4.34. The second kappa shape index (κ2) is 8.53. The number of pyridine rings is 1. The number of fused-ring (bicyclic) bond motifs is 3. The standard InChI is InChI=1S/C23H20F4N6O2/c1-12(34)32(3)33(11-14-4-6-15(9-18(14)24)23(25,26)27)22(35)13-5-7-19-16(8-13)20-17(21(28)30-19)10-29-31(20)2/h4-10H,11H2,1-3H3,(H2,28,30)/i2D3,3D3. The lowest BCUT2D eigenvalue weighted by Crippen LogP contribution is -2.46. The molecule has 35 heavy (non-hydrogen) atoms. The van der Waals surface area contributed by atoms with Gasteiger partial charge < -0.3 is 5.73 Å². The number of aryl methyl sites for hydroxylation is 1. The van der Waals surface area contributed by atoms with Crippen LogP contribution in [0.25, 0.3) is 21.8 Å². The molecule has 2 heterocycles. The van der Waals surface area contributed by atoms with E-state index in [1.807, 2.05) is 0 Å². The van der Waals surface area contributed by atoms with E-state index >= 15 is 0 Å². The predicted molar refractivity (Wildman–Crippen MR) is 120 cm³/mol. The molecule has 2 N–H and O–H groups in total. The van der Waals surface area contributed by atoms with Crippen molar-refractivity contribution in [1.82, 2.24) is 24.8 Å². The molecule has 0 fully saturated rings. The minimum Gasteiger partial charge on any atom is -0.383 e. The molecule has 0 saturated carbocycles. The summed E-state index contributed by atoms with van der Waals surface area (Å²) in [5.41, 5.74) is 3.97. The molecule has 182 valence electrons. The maximum atomic E-state index is 14.7. The smallest absolute Gasteiger partial charge is 0.383 e. The molecule has 2 amide bonds. The van der Waals surface area contributed by atoms with Crippen LogP contribution in [0.4, 0.5) is 23.4 Å². The molecular formula is C23H20F4N6O2. The maximum absolute atomic E-state index is 14.7. The molecule has 4 rings (SSSR count). The summed E-state index contributed by atoms with van der Waals surface area (Å²) in [6.07, 6.45) is -3.70. The van der Waals surface area contributed by atoms with Crippen LogP contribution in [-0.4, -0.2) is 43.6 Å². The number of benzene rings is 2. The highest BCUT2D eigenvalue weighted by molar-refractivity contribution is 6.10. The highest BCUT2D eigenvalue weighted by atomic mass is 19.4. The van der Waals surface area contributed by atoms with Crippen LogP contribution in [0.15, 0.2) is 42.6 Å². The first kappa shape index (κ1) is 17.2. The third-order valence-electron chi connectivity index (χ3n) is 5.26. The highest BCUT2D eigenvalue weighted by Gasteiger charge is 2.32. The van der Waals surface area contributed by atoms with Crippen molar-refractivity contribution in [2.75, 3.05) is 12.7 Å². The van der Waals surface area contributed by atoms with Gasteiger partial charge in [0, 0.05) is 45.6 Å². The number of aromatic nitrogens is 3. The fraction of sp³-hybridized carbons (Fsp3) is 0.217. The molecule has 4 aromatic rings. The molecule has 8 nitrogen and oxygen atoms in total. The van der Waals surface area contributed by atoms with Crippen LogP contribution < -0.4 is 5.73 Å². The van der Waals surface area contributed by atoms with Gasteiger partial charge in [-0.05, 0) is 30.3 Å². The Bertz CT molecular complexity index is 1690. The van der Waals surface area contributed by atoms with E-state index in [1.54, 1.807) is 0 Å². The van der Waals surface area contributed by atoms with Crippen molar-refractivity contribution in [3.8, 4) is 0 Å². The lowest BCUT2D eigenvalue weighted by molar-refractivity contribution is -0.140. The van der Waals surface area contributed by atoms with Crippen LogP contribution in [0.2, 0.25) is 0 Å². The van der Waals surface area contributed by atoms with Gasteiger partial charge >= 0.3 is 6.18 Å². The van der Waals surface area contributed by atoms with E-state index in [2.05, 4.69) is 10.1 Å². The SMILES string of the molecule is [2H]C([2H])([2H])N(C(C)=O)N(Cc1ccc(C(F)(F)F)cc1F)C(=O)c1ccc2nc(N)c3cnn(C([2H])([2H])[2H])c3c2c1. The minimum absolute atomic E-state index is 0.0123. The summed E-state index contributed by atoms with van der Waals surface area (Å²) in [5, 5.41) is 4.54. The largest absolute Gasteiger partial charge is 0.416 e. The van der Waals surface area contributed by atoms with Gasteiger partial charge in [-0.2, -0.15) is 18.3 Å². The molecule has 2 aromatic carbocycles. The lowest BCUT2D eigenvalue weighted by Gasteiger charge is -2.31. The lowest BCUT2D eigenvalue weighted by atomic mass is 10.1. The number of hydrogen-bond donors (Lipinski definition) is 1. The molecular weight excluding hydrogens is 468 g/mol.